The Morgan fingerprint density at radius 2 is 1.81 bits per heavy atom. The number of amides is 1. The summed E-state index contributed by atoms with van der Waals surface area (Å²) in [6, 6.07) is 17.7. The highest BCUT2D eigenvalue weighted by Gasteiger charge is 2.25. The van der Waals surface area contributed by atoms with Crippen molar-refractivity contribution in [1.29, 1.82) is 0 Å². The van der Waals surface area contributed by atoms with Gasteiger partial charge in [-0.2, -0.15) is 4.98 Å². The summed E-state index contributed by atoms with van der Waals surface area (Å²) in [6.07, 6.45) is 2.95. The lowest BCUT2D eigenvalue weighted by molar-refractivity contribution is -0.130. The van der Waals surface area contributed by atoms with Gasteiger partial charge in [0.05, 0.1) is 13.5 Å². The van der Waals surface area contributed by atoms with Crippen LogP contribution in [-0.4, -0.2) is 59.2 Å². The number of anilines is 1. The molecule has 1 aliphatic rings. The summed E-state index contributed by atoms with van der Waals surface area (Å²) in [5, 5.41) is 5.20. The van der Waals surface area contributed by atoms with E-state index in [1.807, 2.05) is 59.5 Å². The van der Waals surface area contributed by atoms with Gasteiger partial charge in [0.15, 0.2) is 0 Å². The summed E-state index contributed by atoms with van der Waals surface area (Å²) >= 11 is 0. The molecule has 1 saturated heterocycles. The van der Waals surface area contributed by atoms with E-state index < -0.39 is 0 Å². The third kappa shape index (κ3) is 5.03. The van der Waals surface area contributed by atoms with Gasteiger partial charge in [-0.15, -0.1) is 0 Å². The first-order chi connectivity index (χ1) is 17.7. The van der Waals surface area contributed by atoms with Crippen LogP contribution < -0.4 is 9.64 Å². The molecule has 0 atom stereocenters. The van der Waals surface area contributed by atoms with Crippen molar-refractivity contribution >= 4 is 22.8 Å². The molecule has 0 spiro atoms. The number of fused-ring (bicyclic) bond motifs is 1. The normalized spacial score (nSPS) is 14.2. The quantitative estimate of drug-likeness (QED) is 0.380. The van der Waals surface area contributed by atoms with Crippen LogP contribution in [0.3, 0.4) is 0 Å². The molecule has 2 aromatic heterocycles. The lowest BCUT2D eigenvalue weighted by Crippen LogP contribution is -2.36. The van der Waals surface area contributed by atoms with Crippen LogP contribution in [-0.2, 0) is 17.6 Å². The lowest BCUT2D eigenvalue weighted by Gasteiger charge is -2.24. The van der Waals surface area contributed by atoms with Gasteiger partial charge in [0.1, 0.15) is 28.5 Å². The van der Waals surface area contributed by atoms with Crippen LogP contribution in [0.15, 0.2) is 59.1 Å². The number of aryl methyl sites for hydroxylation is 1. The van der Waals surface area contributed by atoms with Gasteiger partial charge in [-0.3, -0.25) is 4.79 Å². The molecular formula is C28H31N5O3. The second-order valence-electron chi connectivity index (χ2n) is 9.04. The minimum atomic E-state index is 0.136. The summed E-state index contributed by atoms with van der Waals surface area (Å²) in [5.74, 6) is 2.52. The fourth-order valence-corrected chi connectivity index (χ4v) is 4.65. The van der Waals surface area contributed by atoms with Gasteiger partial charge in [-0.05, 0) is 30.5 Å². The molecule has 0 N–H and O–H groups in total. The van der Waals surface area contributed by atoms with Crippen molar-refractivity contribution in [3.05, 3.63) is 66.0 Å². The molecule has 0 unspecified atom stereocenters. The molecule has 0 saturated carbocycles. The zero-order chi connectivity index (χ0) is 24.9. The Kier molecular flexibility index (Phi) is 7.11. The summed E-state index contributed by atoms with van der Waals surface area (Å²) in [4.78, 5) is 26.9. The van der Waals surface area contributed by atoms with Crippen LogP contribution in [0.5, 0.6) is 5.75 Å². The highest BCUT2D eigenvalue weighted by atomic mass is 16.5. The standard InChI is InChI=1S/C28H31N5O3/c1-3-8-23-29-27(25-26(31-36-28(25)30-23)21-9-5-4-6-10-21)33-16-7-15-32(17-18-33)24(34)19-20-11-13-22(35-2)14-12-20/h4-6,9-14H,3,7-8,15-19H2,1-2H3. The number of aromatic nitrogens is 3. The molecule has 0 radical (unpaired) electrons. The van der Waals surface area contributed by atoms with E-state index in [0.717, 1.165) is 72.0 Å². The first kappa shape index (κ1) is 23.8. The Bertz CT molecular complexity index is 1320. The van der Waals surface area contributed by atoms with Gasteiger partial charge >= 0.3 is 0 Å². The second kappa shape index (κ2) is 10.8. The molecule has 186 valence electrons. The lowest BCUT2D eigenvalue weighted by atomic mass is 10.1. The van der Waals surface area contributed by atoms with Crippen molar-refractivity contribution in [1.82, 2.24) is 20.0 Å². The van der Waals surface area contributed by atoms with E-state index in [2.05, 4.69) is 22.0 Å². The highest BCUT2D eigenvalue weighted by Crippen LogP contribution is 2.34. The fourth-order valence-electron chi connectivity index (χ4n) is 4.65. The molecule has 36 heavy (non-hydrogen) atoms. The van der Waals surface area contributed by atoms with E-state index in [4.69, 9.17) is 14.2 Å². The summed E-state index contributed by atoms with van der Waals surface area (Å²) in [6.45, 7) is 4.95. The molecule has 3 heterocycles. The maximum absolute atomic E-state index is 13.1. The average molecular weight is 486 g/mol. The minimum Gasteiger partial charge on any atom is -0.497 e. The molecule has 4 aromatic rings. The number of benzene rings is 2. The summed E-state index contributed by atoms with van der Waals surface area (Å²) < 4.78 is 10.9. The number of hydrogen-bond donors (Lipinski definition) is 0. The maximum atomic E-state index is 13.1. The number of rotatable bonds is 7. The largest absolute Gasteiger partial charge is 0.497 e. The molecule has 8 heteroatoms. The SMILES string of the molecule is CCCc1nc(N2CCCN(C(=O)Cc3ccc(OC)cc3)CC2)c2c(-c3ccccc3)noc2n1. The van der Waals surface area contributed by atoms with Gasteiger partial charge in [-0.1, -0.05) is 54.5 Å². The number of methoxy groups -OCH3 is 1. The van der Waals surface area contributed by atoms with E-state index in [0.29, 0.717) is 25.2 Å². The average Bonchev–Trinajstić information content (AvgIpc) is 3.18. The molecule has 0 aliphatic carbocycles. The number of carbonyl (C=O) groups excluding carboxylic acids is 1. The summed E-state index contributed by atoms with van der Waals surface area (Å²) in [5.41, 5.74) is 3.22. The third-order valence-corrected chi connectivity index (χ3v) is 6.55. The van der Waals surface area contributed by atoms with Gasteiger partial charge in [0, 0.05) is 38.2 Å². The van der Waals surface area contributed by atoms with E-state index in [1.54, 1.807) is 7.11 Å². The third-order valence-electron chi connectivity index (χ3n) is 6.55. The summed E-state index contributed by atoms with van der Waals surface area (Å²) in [7, 11) is 1.64. The van der Waals surface area contributed by atoms with Gasteiger partial charge in [-0.25, -0.2) is 4.98 Å². The Hall–Kier alpha value is -3.94. The van der Waals surface area contributed by atoms with Crippen LogP contribution in [0.4, 0.5) is 5.82 Å². The van der Waals surface area contributed by atoms with Crippen molar-refractivity contribution in [3.63, 3.8) is 0 Å². The zero-order valence-corrected chi connectivity index (χ0v) is 20.8. The Balaban J connectivity index is 1.39. The topological polar surface area (TPSA) is 84.6 Å². The van der Waals surface area contributed by atoms with Crippen LogP contribution in [0, 0.1) is 0 Å². The van der Waals surface area contributed by atoms with Crippen LogP contribution in [0.2, 0.25) is 0 Å². The van der Waals surface area contributed by atoms with Crippen molar-refractivity contribution in [2.75, 3.05) is 38.2 Å². The second-order valence-corrected chi connectivity index (χ2v) is 9.04. The Morgan fingerprint density at radius 1 is 1.00 bits per heavy atom. The first-order valence-electron chi connectivity index (χ1n) is 12.5. The van der Waals surface area contributed by atoms with E-state index >= 15 is 0 Å². The Labute approximate surface area is 210 Å². The molecule has 8 nitrogen and oxygen atoms in total. The Morgan fingerprint density at radius 3 is 2.56 bits per heavy atom. The van der Waals surface area contributed by atoms with Crippen molar-refractivity contribution in [2.24, 2.45) is 0 Å². The van der Waals surface area contributed by atoms with Crippen LogP contribution in [0.1, 0.15) is 31.2 Å². The van der Waals surface area contributed by atoms with Crippen molar-refractivity contribution in [3.8, 4) is 17.0 Å². The van der Waals surface area contributed by atoms with Crippen LogP contribution >= 0.6 is 0 Å². The van der Waals surface area contributed by atoms with Crippen molar-refractivity contribution < 1.29 is 14.1 Å². The van der Waals surface area contributed by atoms with E-state index in [9.17, 15) is 4.79 Å². The fraction of sp³-hybridized carbons (Fsp3) is 0.357. The predicted octanol–water partition coefficient (Wildman–Crippen LogP) is 4.53. The monoisotopic (exact) mass is 485 g/mol. The minimum absolute atomic E-state index is 0.136. The highest BCUT2D eigenvalue weighted by molar-refractivity contribution is 5.98. The van der Waals surface area contributed by atoms with Crippen LogP contribution in [0.25, 0.3) is 22.4 Å². The zero-order valence-electron chi connectivity index (χ0n) is 20.8. The number of ether oxygens (including phenoxy) is 1. The predicted molar refractivity (Wildman–Crippen MR) is 139 cm³/mol. The molecule has 2 aromatic carbocycles. The molecular weight excluding hydrogens is 454 g/mol. The molecule has 0 bridgehead atoms. The van der Waals surface area contributed by atoms with Gasteiger partial charge in [0.25, 0.3) is 5.71 Å². The molecule has 1 fully saturated rings. The van der Waals surface area contributed by atoms with Gasteiger partial charge < -0.3 is 19.1 Å². The number of carbonyl (C=O) groups is 1. The van der Waals surface area contributed by atoms with Gasteiger partial charge in [0.2, 0.25) is 5.91 Å². The first-order valence-corrected chi connectivity index (χ1v) is 12.5. The smallest absolute Gasteiger partial charge is 0.263 e. The molecule has 5 rings (SSSR count). The number of nitrogens with zero attached hydrogens (tertiary/aromatic N) is 5. The van der Waals surface area contributed by atoms with E-state index in [-0.39, 0.29) is 5.91 Å². The molecule has 1 amide bonds. The van der Waals surface area contributed by atoms with Crippen molar-refractivity contribution in [2.45, 2.75) is 32.6 Å². The molecule has 1 aliphatic heterocycles. The maximum Gasteiger partial charge on any atom is 0.263 e. The number of hydrogen-bond acceptors (Lipinski definition) is 7. The van der Waals surface area contributed by atoms with E-state index in [1.165, 1.54) is 0 Å².